The van der Waals surface area contributed by atoms with E-state index in [-0.39, 0.29) is 22.5 Å². The van der Waals surface area contributed by atoms with Gasteiger partial charge >= 0.3 is 0 Å². The molecular weight excluding hydrogens is 468 g/mol. The van der Waals surface area contributed by atoms with E-state index < -0.39 is 22.7 Å². The fourth-order valence-electron chi connectivity index (χ4n) is 3.75. The quantitative estimate of drug-likeness (QED) is 0.260. The zero-order valence-electron chi connectivity index (χ0n) is 19.7. The number of amides is 1. The number of rotatable bonds is 6. The normalized spacial score (nSPS) is 11.6. The second-order valence-corrected chi connectivity index (χ2v) is 10.0. The largest absolute Gasteiger partial charge is 0.333 e. The second-order valence-electron chi connectivity index (χ2n) is 9.07. The Morgan fingerprint density at radius 3 is 2.37 bits per heavy atom. The molecule has 0 atom stereocenters. The average Bonchev–Trinajstić information content (AvgIpc) is 2.82. The van der Waals surface area contributed by atoms with E-state index in [1.807, 2.05) is 51.1 Å². The molecule has 4 aromatic rings. The summed E-state index contributed by atoms with van der Waals surface area (Å²) in [5.41, 5.74) is 0.361. The summed E-state index contributed by atoms with van der Waals surface area (Å²) in [5.74, 6) is -1.81. The van der Waals surface area contributed by atoms with Gasteiger partial charge in [0.15, 0.2) is 5.16 Å². The molecule has 5 nitrogen and oxygen atoms in total. The lowest BCUT2D eigenvalue weighted by Gasteiger charge is -2.36. The van der Waals surface area contributed by atoms with Gasteiger partial charge < -0.3 is 4.90 Å². The Bertz CT molecular complexity index is 1430. The number of fused-ring (bicyclic) bond motifs is 1. The first-order chi connectivity index (χ1) is 16.6. The molecule has 0 aliphatic carbocycles. The van der Waals surface area contributed by atoms with Gasteiger partial charge in [-0.05, 0) is 50.6 Å². The highest BCUT2D eigenvalue weighted by molar-refractivity contribution is 7.99. The van der Waals surface area contributed by atoms with Crippen LogP contribution in [0.3, 0.4) is 0 Å². The highest BCUT2D eigenvalue weighted by Crippen LogP contribution is 2.25. The van der Waals surface area contributed by atoms with Crippen LogP contribution in [0.5, 0.6) is 0 Å². The molecule has 1 amide bonds. The van der Waals surface area contributed by atoms with Crippen LogP contribution < -0.4 is 5.56 Å². The number of hydrogen-bond donors (Lipinski definition) is 0. The monoisotopic (exact) mass is 493 g/mol. The van der Waals surface area contributed by atoms with Crippen molar-refractivity contribution in [3.63, 3.8) is 0 Å². The fourth-order valence-corrected chi connectivity index (χ4v) is 4.64. The molecule has 0 bridgehead atoms. The van der Waals surface area contributed by atoms with E-state index in [1.54, 1.807) is 29.2 Å². The Labute approximate surface area is 206 Å². The van der Waals surface area contributed by atoms with Crippen LogP contribution in [0.4, 0.5) is 8.78 Å². The maximum atomic E-state index is 14.7. The maximum absolute atomic E-state index is 14.7. The molecule has 1 aromatic heterocycles. The number of benzene rings is 3. The number of hydrogen-bond acceptors (Lipinski definition) is 4. The summed E-state index contributed by atoms with van der Waals surface area (Å²) in [4.78, 5) is 33.0. The van der Waals surface area contributed by atoms with E-state index in [1.165, 1.54) is 6.07 Å². The van der Waals surface area contributed by atoms with Crippen LogP contribution in [0, 0.1) is 11.6 Å². The van der Waals surface area contributed by atoms with Gasteiger partial charge in [0, 0.05) is 18.2 Å². The Morgan fingerprint density at radius 1 is 1.00 bits per heavy atom. The summed E-state index contributed by atoms with van der Waals surface area (Å²) in [5, 5.41) is 0.452. The van der Waals surface area contributed by atoms with Crippen LogP contribution in [0.25, 0.3) is 16.6 Å². The van der Waals surface area contributed by atoms with Gasteiger partial charge in [0.1, 0.15) is 11.6 Å². The molecule has 0 aliphatic heterocycles. The minimum Gasteiger partial charge on any atom is -0.333 e. The molecular formula is C27H25F2N3O2S. The lowest BCUT2D eigenvalue weighted by Crippen LogP contribution is -2.46. The molecule has 0 saturated carbocycles. The smallest absolute Gasteiger partial charge is 0.266 e. The molecule has 0 spiro atoms. The second kappa shape index (κ2) is 10.00. The van der Waals surface area contributed by atoms with Crippen molar-refractivity contribution >= 4 is 28.6 Å². The van der Waals surface area contributed by atoms with Crippen molar-refractivity contribution in [2.24, 2.45) is 0 Å². The first kappa shape index (κ1) is 24.6. The van der Waals surface area contributed by atoms with Gasteiger partial charge in [-0.3, -0.25) is 14.2 Å². The first-order valence-corrected chi connectivity index (χ1v) is 12.1. The molecule has 180 valence electrons. The molecule has 35 heavy (non-hydrogen) atoms. The number of carbonyl (C=O) groups is 1. The SMILES string of the molecule is CC(C)(C)N(Cc1ccccc1)C(=O)CSc1nc2ccccc2c(=O)n1-c1ccc(F)cc1F. The van der Waals surface area contributed by atoms with E-state index in [0.29, 0.717) is 17.4 Å². The number of nitrogens with zero attached hydrogens (tertiary/aromatic N) is 3. The topological polar surface area (TPSA) is 55.2 Å². The lowest BCUT2D eigenvalue weighted by atomic mass is 10.0. The van der Waals surface area contributed by atoms with Gasteiger partial charge in [0.05, 0.1) is 22.3 Å². The number of para-hydroxylation sites is 1. The molecule has 3 aromatic carbocycles. The van der Waals surface area contributed by atoms with E-state index >= 15 is 0 Å². The van der Waals surface area contributed by atoms with Gasteiger partial charge in [-0.15, -0.1) is 0 Å². The maximum Gasteiger partial charge on any atom is 0.266 e. The summed E-state index contributed by atoms with van der Waals surface area (Å²) in [6.45, 7) is 6.29. The molecule has 0 saturated heterocycles. The van der Waals surface area contributed by atoms with Crippen LogP contribution >= 0.6 is 11.8 Å². The van der Waals surface area contributed by atoms with Crippen molar-refractivity contribution in [3.8, 4) is 5.69 Å². The van der Waals surface area contributed by atoms with Gasteiger partial charge in [0.2, 0.25) is 5.91 Å². The predicted molar refractivity (Wildman–Crippen MR) is 135 cm³/mol. The first-order valence-electron chi connectivity index (χ1n) is 11.1. The van der Waals surface area contributed by atoms with Gasteiger partial charge in [-0.1, -0.05) is 54.2 Å². The third-order valence-corrected chi connectivity index (χ3v) is 6.44. The predicted octanol–water partition coefficient (Wildman–Crippen LogP) is 5.58. The van der Waals surface area contributed by atoms with Crippen molar-refractivity contribution in [3.05, 3.63) is 100 Å². The van der Waals surface area contributed by atoms with Crippen LogP contribution in [0.2, 0.25) is 0 Å². The molecule has 0 fully saturated rings. The molecule has 8 heteroatoms. The van der Waals surface area contributed by atoms with E-state index in [9.17, 15) is 18.4 Å². The van der Waals surface area contributed by atoms with Crippen LogP contribution in [-0.2, 0) is 11.3 Å². The van der Waals surface area contributed by atoms with E-state index in [0.717, 1.165) is 34.0 Å². The van der Waals surface area contributed by atoms with E-state index in [4.69, 9.17) is 0 Å². The van der Waals surface area contributed by atoms with Crippen molar-refractivity contribution in [1.82, 2.24) is 14.5 Å². The highest BCUT2D eigenvalue weighted by atomic mass is 32.2. The number of thioether (sulfide) groups is 1. The summed E-state index contributed by atoms with van der Waals surface area (Å²) in [6, 6.07) is 19.4. The van der Waals surface area contributed by atoms with Crippen LogP contribution in [-0.4, -0.2) is 31.6 Å². The summed E-state index contributed by atoms with van der Waals surface area (Å²) in [6.07, 6.45) is 0. The highest BCUT2D eigenvalue weighted by Gasteiger charge is 2.27. The molecule has 0 N–H and O–H groups in total. The van der Waals surface area contributed by atoms with Crippen molar-refractivity contribution in [2.75, 3.05) is 5.75 Å². The van der Waals surface area contributed by atoms with E-state index in [2.05, 4.69) is 4.98 Å². The summed E-state index contributed by atoms with van der Waals surface area (Å²) in [7, 11) is 0. The van der Waals surface area contributed by atoms with Gasteiger partial charge in [-0.25, -0.2) is 13.8 Å². The van der Waals surface area contributed by atoms with Crippen molar-refractivity contribution < 1.29 is 13.6 Å². The Balaban J connectivity index is 1.71. The van der Waals surface area contributed by atoms with Crippen LogP contribution in [0.1, 0.15) is 26.3 Å². The number of halogens is 2. The summed E-state index contributed by atoms with van der Waals surface area (Å²) < 4.78 is 29.4. The average molecular weight is 494 g/mol. The minimum absolute atomic E-state index is 0.0162. The Kier molecular flexibility index (Phi) is 7.03. The van der Waals surface area contributed by atoms with Crippen molar-refractivity contribution in [2.45, 2.75) is 38.0 Å². The van der Waals surface area contributed by atoms with Crippen molar-refractivity contribution in [1.29, 1.82) is 0 Å². The number of carbonyl (C=O) groups excluding carboxylic acids is 1. The van der Waals surface area contributed by atoms with Gasteiger partial charge in [0.25, 0.3) is 5.56 Å². The van der Waals surface area contributed by atoms with Crippen LogP contribution in [0.15, 0.2) is 82.7 Å². The summed E-state index contributed by atoms with van der Waals surface area (Å²) >= 11 is 1.05. The molecule has 1 heterocycles. The number of aromatic nitrogens is 2. The molecule has 0 unspecified atom stereocenters. The molecule has 4 rings (SSSR count). The minimum atomic E-state index is -0.891. The van der Waals surface area contributed by atoms with Gasteiger partial charge in [-0.2, -0.15) is 0 Å². The third-order valence-electron chi connectivity index (χ3n) is 5.51. The zero-order chi connectivity index (χ0) is 25.2. The molecule has 0 aliphatic rings. The zero-order valence-corrected chi connectivity index (χ0v) is 20.5. The standard InChI is InChI=1S/C27H25F2N3O2S/c1-27(2,3)31(16-18-9-5-4-6-10-18)24(33)17-35-26-30-22-12-8-7-11-20(22)25(34)32(26)23-14-13-19(28)15-21(23)29/h4-15H,16-17H2,1-3H3. The third kappa shape index (κ3) is 5.43. The lowest BCUT2D eigenvalue weighted by molar-refractivity contribution is -0.133. The molecule has 0 radical (unpaired) electrons. The fraction of sp³-hybridized carbons (Fsp3) is 0.222. The Morgan fingerprint density at radius 2 is 1.69 bits per heavy atom. The Hall–Kier alpha value is -3.52.